The molecule has 1 N–H and O–H groups in total. The molecule has 1 heterocycles. The van der Waals surface area contributed by atoms with Crippen LogP contribution in [0.4, 0.5) is 0 Å². The summed E-state index contributed by atoms with van der Waals surface area (Å²) < 4.78 is 0.938. The molecule has 1 aromatic heterocycles. The fraction of sp³-hybridized carbons (Fsp3) is 0. The van der Waals surface area contributed by atoms with E-state index in [0.717, 1.165) is 10.1 Å². The van der Waals surface area contributed by atoms with E-state index in [9.17, 15) is 9.90 Å². The summed E-state index contributed by atoms with van der Waals surface area (Å²) in [5, 5.41) is 12.2. The van der Waals surface area contributed by atoms with Crippen molar-refractivity contribution in [2.75, 3.05) is 0 Å². The van der Waals surface area contributed by atoms with Crippen molar-refractivity contribution in [3.8, 4) is 5.75 Å². The van der Waals surface area contributed by atoms with Gasteiger partial charge in [0, 0.05) is 15.0 Å². The molecule has 2 nitrogen and oxygen atoms in total. The molecular weight excluding hydrogens is 204 g/mol. The Morgan fingerprint density at radius 3 is 3.00 bits per heavy atom. The first-order valence-electron chi connectivity index (χ1n) is 3.61. The van der Waals surface area contributed by atoms with Crippen molar-refractivity contribution in [1.82, 2.24) is 0 Å². The molecule has 13 heavy (non-hydrogen) atoms. The predicted molar refractivity (Wildman–Crippen MR) is 56.1 cm³/mol. The number of benzene rings is 1. The Labute approximate surface area is 84.2 Å². The van der Waals surface area contributed by atoms with E-state index in [4.69, 9.17) is 0 Å². The van der Waals surface area contributed by atoms with Gasteiger partial charge in [-0.2, -0.15) is 0 Å². The highest BCUT2D eigenvalue weighted by molar-refractivity contribution is 7.80. The molecule has 0 aliphatic carbocycles. The first-order valence-corrected chi connectivity index (χ1v) is 4.94. The molecule has 0 radical (unpaired) electrons. The van der Waals surface area contributed by atoms with Crippen LogP contribution in [-0.2, 0) is 0 Å². The number of phenols is 1. The van der Waals surface area contributed by atoms with Crippen LogP contribution in [0.15, 0.2) is 22.4 Å². The summed E-state index contributed by atoms with van der Waals surface area (Å²) in [5.41, 5.74) is 0.259. The number of thiol groups is 1. The van der Waals surface area contributed by atoms with Crippen molar-refractivity contribution in [2.45, 2.75) is 4.90 Å². The van der Waals surface area contributed by atoms with Gasteiger partial charge >= 0.3 is 0 Å². The molecule has 4 heteroatoms. The first kappa shape index (κ1) is 8.59. The smallest absolute Gasteiger partial charge is 0.154 e. The number of hydrogen-bond donors (Lipinski definition) is 2. The number of rotatable bonds is 1. The zero-order valence-electron chi connectivity index (χ0n) is 6.52. The van der Waals surface area contributed by atoms with Crippen LogP contribution in [0.5, 0.6) is 5.75 Å². The Hall–Kier alpha value is -1.00. The van der Waals surface area contributed by atoms with Gasteiger partial charge in [-0.25, -0.2) is 0 Å². The Morgan fingerprint density at radius 1 is 1.54 bits per heavy atom. The molecule has 0 saturated carbocycles. The van der Waals surface area contributed by atoms with Crippen molar-refractivity contribution in [3.63, 3.8) is 0 Å². The van der Waals surface area contributed by atoms with Gasteiger partial charge in [0.1, 0.15) is 5.75 Å². The highest BCUT2D eigenvalue weighted by Crippen LogP contribution is 2.34. The molecule has 2 rings (SSSR count). The number of carbonyl (C=O) groups is 1. The lowest BCUT2D eigenvalue weighted by Gasteiger charge is -2.01. The van der Waals surface area contributed by atoms with Crippen LogP contribution in [0.2, 0.25) is 0 Å². The normalized spacial score (nSPS) is 10.5. The molecule has 2 aromatic rings. The molecule has 0 amide bonds. The third-order valence-electron chi connectivity index (χ3n) is 1.87. The molecule has 0 spiro atoms. The summed E-state index contributed by atoms with van der Waals surface area (Å²) in [4.78, 5) is 11.2. The second kappa shape index (κ2) is 3.05. The van der Waals surface area contributed by atoms with Crippen LogP contribution < -0.4 is 0 Å². The number of thiophene rings is 1. The third-order valence-corrected chi connectivity index (χ3v) is 3.21. The number of carbonyl (C=O) groups excluding carboxylic acids is 1. The van der Waals surface area contributed by atoms with E-state index >= 15 is 0 Å². The predicted octanol–water partition coefficient (Wildman–Crippen LogP) is 2.71. The van der Waals surface area contributed by atoms with Crippen molar-refractivity contribution in [3.05, 3.63) is 23.1 Å². The highest BCUT2D eigenvalue weighted by atomic mass is 32.1. The van der Waals surface area contributed by atoms with Gasteiger partial charge in [-0.1, -0.05) is 0 Å². The van der Waals surface area contributed by atoms with E-state index < -0.39 is 0 Å². The molecule has 0 aliphatic rings. The molecule has 1 aromatic carbocycles. The minimum absolute atomic E-state index is 0.00468. The number of phenolic OH excluding ortho intramolecular Hbond substituents is 1. The second-order valence-corrected chi connectivity index (χ2v) is 4.00. The zero-order chi connectivity index (χ0) is 9.42. The summed E-state index contributed by atoms with van der Waals surface area (Å²) in [6.07, 6.45) is 0.620. The lowest BCUT2D eigenvalue weighted by atomic mass is 10.1. The van der Waals surface area contributed by atoms with Gasteiger partial charge in [-0.05, 0) is 17.5 Å². The SMILES string of the molecule is O=Cc1c(O)cc2sccc2c1S. The van der Waals surface area contributed by atoms with Crippen LogP contribution in [0.3, 0.4) is 0 Å². The van der Waals surface area contributed by atoms with E-state index in [2.05, 4.69) is 12.6 Å². The summed E-state index contributed by atoms with van der Waals surface area (Å²) in [6, 6.07) is 3.47. The van der Waals surface area contributed by atoms with Gasteiger partial charge in [-0.3, -0.25) is 4.79 Å². The summed E-state index contributed by atoms with van der Waals surface area (Å²) in [7, 11) is 0. The van der Waals surface area contributed by atoms with E-state index in [-0.39, 0.29) is 11.3 Å². The monoisotopic (exact) mass is 210 g/mol. The molecule has 0 bridgehead atoms. The largest absolute Gasteiger partial charge is 0.507 e. The molecular formula is C9H6O2S2. The number of hydrogen-bond acceptors (Lipinski definition) is 4. The average Bonchev–Trinajstić information content (AvgIpc) is 2.53. The lowest BCUT2D eigenvalue weighted by Crippen LogP contribution is -1.84. The maximum atomic E-state index is 10.6. The van der Waals surface area contributed by atoms with Crippen molar-refractivity contribution in [2.24, 2.45) is 0 Å². The van der Waals surface area contributed by atoms with Crippen LogP contribution in [0, 0.1) is 0 Å². The number of fused-ring (bicyclic) bond motifs is 1. The maximum absolute atomic E-state index is 10.6. The molecule has 0 fully saturated rings. The van der Waals surface area contributed by atoms with Crippen LogP contribution >= 0.6 is 24.0 Å². The zero-order valence-corrected chi connectivity index (χ0v) is 8.23. The summed E-state index contributed by atoms with van der Waals surface area (Å²) in [6.45, 7) is 0. The maximum Gasteiger partial charge on any atom is 0.154 e. The Bertz CT molecular complexity index is 474. The van der Waals surface area contributed by atoms with E-state index in [1.807, 2.05) is 11.4 Å². The molecule has 0 aliphatic heterocycles. The lowest BCUT2D eigenvalue weighted by molar-refractivity contribution is 0.111. The van der Waals surface area contributed by atoms with E-state index in [0.29, 0.717) is 11.2 Å². The fourth-order valence-electron chi connectivity index (χ4n) is 1.21. The Morgan fingerprint density at radius 2 is 2.31 bits per heavy atom. The Kier molecular flexibility index (Phi) is 2.01. The number of aldehydes is 1. The average molecular weight is 210 g/mol. The van der Waals surface area contributed by atoms with Crippen molar-refractivity contribution in [1.29, 1.82) is 0 Å². The van der Waals surface area contributed by atoms with E-state index in [1.165, 1.54) is 11.3 Å². The molecule has 0 atom stereocenters. The van der Waals surface area contributed by atoms with Gasteiger partial charge in [0.15, 0.2) is 6.29 Å². The molecule has 0 saturated heterocycles. The topological polar surface area (TPSA) is 37.3 Å². The van der Waals surface area contributed by atoms with Crippen LogP contribution in [0.25, 0.3) is 10.1 Å². The van der Waals surface area contributed by atoms with Gasteiger partial charge in [0.05, 0.1) is 5.56 Å². The summed E-state index contributed by atoms with van der Waals surface area (Å²) in [5.74, 6) is -0.00468. The van der Waals surface area contributed by atoms with Gasteiger partial charge in [-0.15, -0.1) is 24.0 Å². The van der Waals surface area contributed by atoms with Gasteiger partial charge < -0.3 is 5.11 Å². The molecule has 0 unspecified atom stereocenters. The molecule has 66 valence electrons. The Balaban J connectivity index is 2.92. The first-order chi connectivity index (χ1) is 6.24. The fourth-order valence-corrected chi connectivity index (χ4v) is 2.48. The van der Waals surface area contributed by atoms with Gasteiger partial charge in [0.2, 0.25) is 0 Å². The van der Waals surface area contributed by atoms with Gasteiger partial charge in [0.25, 0.3) is 0 Å². The van der Waals surface area contributed by atoms with Crippen molar-refractivity contribution >= 4 is 40.3 Å². The van der Waals surface area contributed by atoms with Crippen LogP contribution in [0.1, 0.15) is 10.4 Å². The van der Waals surface area contributed by atoms with Crippen LogP contribution in [-0.4, -0.2) is 11.4 Å². The van der Waals surface area contributed by atoms with E-state index in [1.54, 1.807) is 6.07 Å². The minimum atomic E-state index is -0.00468. The minimum Gasteiger partial charge on any atom is -0.507 e. The number of aromatic hydroxyl groups is 1. The third kappa shape index (κ3) is 1.22. The summed E-state index contributed by atoms with van der Waals surface area (Å²) >= 11 is 5.71. The standard InChI is InChI=1S/C9H6O2S2/c10-4-6-7(11)3-8-5(9(6)12)1-2-13-8/h1-4,11-12H. The highest BCUT2D eigenvalue weighted by Gasteiger charge is 2.09. The quantitative estimate of drug-likeness (QED) is 0.561. The van der Waals surface area contributed by atoms with Crippen molar-refractivity contribution < 1.29 is 9.90 Å². The second-order valence-electron chi connectivity index (χ2n) is 2.61.